The quantitative estimate of drug-likeness (QED) is 0.701. The highest BCUT2D eigenvalue weighted by Gasteiger charge is 2.52. The van der Waals surface area contributed by atoms with Gasteiger partial charge in [0.05, 0.1) is 0 Å². The first-order valence-corrected chi connectivity index (χ1v) is 8.47. The van der Waals surface area contributed by atoms with Gasteiger partial charge in [-0.05, 0) is 25.1 Å². The third kappa shape index (κ3) is 2.28. The Morgan fingerprint density at radius 2 is 1.44 bits per heavy atom. The molecule has 1 heterocycles. The van der Waals surface area contributed by atoms with Crippen LogP contribution in [0.3, 0.4) is 0 Å². The summed E-state index contributed by atoms with van der Waals surface area (Å²) in [5, 5.41) is 0. The summed E-state index contributed by atoms with van der Waals surface area (Å²) < 4.78 is 6.35. The van der Waals surface area contributed by atoms with Crippen molar-refractivity contribution in [1.29, 1.82) is 0 Å². The number of para-hydroxylation sites is 1. The lowest BCUT2D eigenvalue weighted by Gasteiger charge is -2.39. The molecule has 4 rings (SSSR count). The van der Waals surface area contributed by atoms with Crippen molar-refractivity contribution in [2.45, 2.75) is 12.6 Å². The van der Waals surface area contributed by atoms with Crippen LogP contribution in [0.25, 0.3) is 0 Å². The minimum atomic E-state index is -0.953. The first-order valence-electron chi connectivity index (χ1n) is 8.47. The Morgan fingerprint density at radius 3 is 2.12 bits per heavy atom. The van der Waals surface area contributed by atoms with E-state index in [1.807, 2.05) is 91.9 Å². The molecular formula is C22H19NO2. The molecule has 0 aliphatic carbocycles. The average molecular weight is 329 g/mol. The molecular weight excluding hydrogens is 310 g/mol. The maximum atomic E-state index is 13.3. The first kappa shape index (κ1) is 15.6. The highest BCUT2D eigenvalue weighted by molar-refractivity contribution is 6.12. The van der Waals surface area contributed by atoms with Gasteiger partial charge in [-0.3, -0.25) is 9.69 Å². The predicted molar refractivity (Wildman–Crippen MR) is 98.5 cm³/mol. The van der Waals surface area contributed by atoms with Crippen molar-refractivity contribution in [2.75, 3.05) is 11.5 Å². The van der Waals surface area contributed by atoms with E-state index in [0.717, 1.165) is 16.8 Å². The molecule has 3 aromatic rings. The average Bonchev–Trinajstić information content (AvgIpc) is 2.93. The fraction of sp³-hybridized carbons (Fsp3) is 0.136. The molecule has 0 aromatic heterocycles. The monoisotopic (exact) mass is 329 g/mol. The molecule has 0 bridgehead atoms. The highest BCUT2D eigenvalue weighted by Crippen LogP contribution is 2.47. The summed E-state index contributed by atoms with van der Waals surface area (Å²) in [7, 11) is 0. The van der Waals surface area contributed by atoms with Crippen LogP contribution in [0.15, 0.2) is 84.9 Å². The Balaban J connectivity index is 2.04. The largest absolute Gasteiger partial charge is 0.347 e. The van der Waals surface area contributed by atoms with E-state index in [1.54, 1.807) is 4.90 Å². The van der Waals surface area contributed by atoms with Gasteiger partial charge in [0.1, 0.15) is 0 Å². The van der Waals surface area contributed by atoms with Gasteiger partial charge in [0.15, 0.2) is 0 Å². The van der Waals surface area contributed by atoms with Crippen molar-refractivity contribution in [2.24, 2.45) is 0 Å². The number of carbonyl (C=O) groups is 1. The van der Waals surface area contributed by atoms with Crippen LogP contribution in [0, 0.1) is 0 Å². The highest BCUT2D eigenvalue weighted by atomic mass is 16.5. The maximum absolute atomic E-state index is 13.3. The van der Waals surface area contributed by atoms with Crippen molar-refractivity contribution in [3.63, 3.8) is 0 Å². The molecule has 3 heteroatoms. The fourth-order valence-corrected chi connectivity index (χ4v) is 3.61. The number of rotatable bonds is 4. The number of hydrogen-bond acceptors (Lipinski definition) is 2. The second kappa shape index (κ2) is 6.19. The first-order chi connectivity index (χ1) is 12.3. The van der Waals surface area contributed by atoms with E-state index in [9.17, 15) is 4.79 Å². The van der Waals surface area contributed by atoms with Gasteiger partial charge in [-0.1, -0.05) is 66.7 Å². The normalized spacial score (nSPS) is 19.1. The van der Waals surface area contributed by atoms with Gasteiger partial charge in [0.25, 0.3) is 5.91 Å². The number of ether oxygens (including phenoxy) is 1. The summed E-state index contributed by atoms with van der Waals surface area (Å²) in [5.41, 5.74) is 2.38. The SMILES string of the molecule is CCOC1(c2ccccc2)c2ccccc2C(=O)N1c1ccccc1. The molecule has 0 N–H and O–H groups in total. The van der Waals surface area contributed by atoms with Crippen LogP contribution in [0.2, 0.25) is 0 Å². The predicted octanol–water partition coefficient (Wildman–Crippen LogP) is 4.58. The second-order valence-electron chi connectivity index (χ2n) is 5.96. The van der Waals surface area contributed by atoms with E-state index in [0.29, 0.717) is 12.2 Å². The molecule has 0 saturated heterocycles. The fourth-order valence-electron chi connectivity index (χ4n) is 3.61. The number of carbonyl (C=O) groups excluding carboxylic acids is 1. The smallest absolute Gasteiger partial charge is 0.261 e. The third-order valence-corrected chi connectivity index (χ3v) is 4.57. The number of hydrogen-bond donors (Lipinski definition) is 0. The summed E-state index contributed by atoms with van der Waals surface area (Å²) in [5.74, 6) is -0.0425. The van der Waals surface area contributed by atoms with E-state index in [1.165, 1.54) is 0 Å². The number of nitrogens with zero attached hydrogens (tertiary/aromatic N) is 1. The van der Waals surface area contributed by atoms with Gasteiger partial charge in [-0.2, -0.15) is 0 Å². The van der Waals surface area contributed by atoms with Crippen molar-refractivity contribution < 1.29 is 9.53 Å². The van der Waals surface area contributed by atoms with Crippen molar-refractivity contribution in [3.8, 4) is 0 Å². The summed E-state index contributed by atoms with van der Waals surface area (Å²) in [6, 6.07) is 27.4. The molecule has 0 fully saturated rings. The molecule has 1 atom stereocenters. The Labute approximate surface area is 147 Å². The Kier molecular flexibility index (Phi) is 3.86. The number of benzene rings is 3. The Bertz CT molecular complexity index is 892. The van der Waals surface area contributed by atoms with Crippen LogP contribution < -0.4 is 4.90 Å². The molecule has 0 saturated carbocycles. The van der Waals surface area contributed by atoms with E-state index in [4.69, 9.17) is 4.74 Å². The van der Waals surface area contributed by atoms with Gasteiger partial charge in [-0.15, -0.1) is 0 Å². The number of fused-ring (bicyclic) bond motifs is 1. The minimum Gasteiger partial charge on any atom is -0.347 e. The molecule has 1 aliphatic heterocycles. The van der Waals surface area contributed by atoms with E-state index < -0.39 is 5.72 Å². The number of anilines is 1. The molecule has 0 radical (unpaired) electrons. The van der Waals surface area contributed by atoms with Crippen molar-refractivity contribution >= 4 is 11.6 Å². The second-order valence-corrected chi connectivity index (χ2v) is 5.96. The third-order valence-electron chi connectivity index (χ3n) is 4.57. The van der Waals surface area contributed by atoms with Gasteiger partial charge in [0, 0.05) is 29.0 Å². The van der Waals surface area contributed by atoms with Crippen LogP contribution in [0.5, 0.6) is 0 Å². The zero-order valence-electron chi connectivity index (χ0n) is 14.1. The molecule has 1 unspecified atom stereocenters. The van der Waals surface area contributed by atoms with Crippen molar-refractivity contribution in [1.82, 2.24) is 0 Å². The number of amides is 1. The van der Waals surface area contributed by atoms with Crippen LogP contribution in [-0.2, 0) is 10.5 Å². The summed E-state index contributed by atoms with van der Waals surface area (Å²) in [4.78, 5) is 15.1. The molecule has 1 aliphatic rings. The summed E-state index contributed by atoms with van der Waals surface area (Å²) in [6.07, 6.45) is 0. The summed E-state index contributed by atoms with van der Waals surface area (Å²) >= 11 is 0. The van der Waals surface area contributed by atoms with Crippen LogP contribution in [0.4, 0.5) is 5.69 Å². The lowest BCUT2D eigenvalue weighted by molar-refractivity contribution is -0.00512. The maximum Gasteiger partial charge on any atom is 0.261 e. The zero-order chi connectivity index (χ0) is 17.3. The van der Waals surface area contributed by atoms with Gasteiger partial charge in [0.2, 0.25) is 5.72 Å². The van der Waals surface area contributed by atoms with Crippen LogP contribution in [-0.4, -0.2) is 12.5 Å². The molecule has 3 aromatic carbocycles. The van der Waals surface area contributed by atoms with Gasteiger partial charge >= 0.3 is 0 Å². The summed E-state index contributed by atoms with van der Waals surface area (Å²) in [6.45, 7) is 2.44. The van der Waals surface area contributed by atoms with E-state index in [2.05, 4.69) is 0 Å². The van der Waals surface area contributed by atoms with Gasteiger partial charge in [-0.25, -0.2) is 0 Å². The molecule has 0 spiro atoms. The van der Waals surface area contributed by atoms with Crippen molar-refractivity contribution in [3.05, 3.63) is 102 Å². The van der Waals surface area contributed by atoms with Gasteiger partial charge < -0.3 is 4.74 Å². The molecule has 25 heavy (non-hydrogen) atoms. The lowest BCUT2D eigenvalue weighted by atomic mass is 9.93. The lowest BCUT2D eigenvalue weighted by Crippen LogP contribution is -2.47. The zero-order valence-corrected chi connectivity index (χ0v) is 14.1. The standard InChI is InChI=1S/C22H19NO2/c1-2-25-22(17-11-5-3-6-12-17)20-16-10-9-15-19(20)21(24)23(22)18-13-7-4-8-14-18/h3-16H,2H2,1H3. The molecule has 1 amide bonds. The molecule has 124 valence electrons. The molecule has 3 nitrogen and oxygen atoms in total. The minimum absolute atomic E-state index is 0.0425. The van der Waals surface area contributed by atoms with E-state index >= 15 is 0 Å². The Hall–Kier alpha value is -2.91. The topological polar surface area (TPSA) is 29.5 Å². The Morgan fingerprint density at radius 1 is 0.840 bits per heavy atom. The van der Waals surface area contributed by atoms with Crippen LogP contribution >= 0.6 is 0 Å². The van der Waals surface area contributed by atoms with E-state index in [-0.39, 0.29) is 5.91 Å². The van der Waals surface area contributed by atoms with Crippen LogP contribution in [0.1, 0.15) is 28.4 Å².